The molecular formula is C27H33N7O. The molecule has 1 unspecified atom stereocenters. The van der Waals surface area contributed by atoms with Crippen molar-refractivity contribution in [3.05, 3.63) is 41.6 Å². The number of ether oxygens (including phenoxy) is 1. The molecule has 2 aliphatic rings. The van der Waals surface area contributed by atoms with Gasteiger partial charge in [-0.3, -0.25) is 0 Å². The largest absolute Gasteiger partial charge is 0.375 e. The Hall–Kier alpha value is -3.26. The van der Waals surface area contributed by atoms with E-state index < -0.39 is 0 Å². The smallest absolute Gasteiger partial charge is 0.160 e. The van der Waals surface area contributed by atoms with E-state index >= 15 is 0 Å². The van der Waals surface area contributed by atoms with Gasteiger partial charge in [0.1, 0.15) is 23.0 Å². The Morgan fingerprint density at radius 3 is 2.63 bits per heavy atom. The van der Waals surface area contributed by atoms with Crippen LogP contribution in [-0.4, -0.2) is 55.9 Å². The van der Waals surface area contributed by atoms with Crippen LogP contribution in [0.3, 0.4) is 0 Å². The van der Waals surface area contributed by atoms with Gasteiger partial charge >= 0.3 is 0 Å². The first-order valence-corrected chi connectivity index (χ1v) is 12.7. The van der Waals surface area contributed by atoms with Crippen LogP contribution < -0.4 is 10.2 Å². The van der Waals surface area contributed by atoms with Gasteiger partial charge in [-0.2, -0.15) is 9.61 Å². The summed E-state index contributed by atoms with van der Waals surface area (Å²) in [6, 6.07) is 10.7. The SMILES string of the molecule is Cc1ccc2nc(C)c(-c3cc4nc(N5CCCC5)cc(NC5CCOC(C)(C)C5)n4n3)nc2c1. The van der Waals surface area contributed by atoms with Gasteiger partial charge in [0.25, 0.3) is 0 Å². The number of anilines is 2. The van der Waals surface area contributed by atoms with Crippen molar-refractivity contribution in [2.75, 3.05) is 29.9 Å². The van der Waals surface area contributed by atoms with E-state index in [0.717, 1.165) is 77.9 Å². The number of fused-ring (bicyclic) bond motifs is 2. The Bertz CT molecular complexity index is 1400. The first kappa shape index (κ1) is 22.2. The van der Waals surface area contributed by atoms with Crippen molar-refractivity contribution in [3.8, 4) is 11.4 Å². The second-order valence-electron chi connectivity index (χ2n) is 10.6. The fourth-order valence-corrected chi connectivity index (χ4v) is 5.35. The van der Waals surface area contributed by atoms with Crippen LogP contribution in [0.15, 0.2) is 30.3 Å². The van der Waals surface area contributed by atoms with Crippen LogP contribution in [-0.2, 0) is 4.74 Å². The van der Waals surface area contributed by atoms with E-state index in [9.17, 15) is 0 Å². The van der Waals surface area contributed by atoms with Crippen LogP contribution in [0.1, 0.15) is 50.8 Å². The van der Waals surface area contributed by atoms with Gasteiger partial charge in [0, 0.05) is 37.9 Å². The summed E-state index contributed by atoms with van der Waals surface area (Å²) in [4.78, 5) is 17.1. The molecule has 0 saturated carbocycles. The Labute approximate surface area is 205 Å². The fraction of sp³-hybridized carbons (Fsp3) is 0.481. The number of hydrogen-bond donors (Lipinski definition) is 1. The average molecular weight is 472 g/mol. The zero-order chi connectivity index (χ0) is 24.2. The molecule has 2 saturated heterocycles. The van der Waals surface area contributed by atoms with E-state index in [1.54, 1.807) is 0 Å². The van der Waals surface area contributed by atoms with Crippen molar-refractivity contribution in [2.24, 2.45) is 0 Å². The molecule has 35 heavy (non-hydrogen) atoms. The summed E-state index contributed by atoms with van der Waals surface area (Å²) in [5.74, 6) is 1.97. The van der Waals surface area contributed by atoms with Crippen molar-refractivity contribution in [1.82, 2.24) is 24.6 Å². The van der Waals surface area contributed by atoms with E-state index in [1.165, 1.54) is 18.4 Å². The van der Waals surface area contributed by atoms with Crippen LogP contribution in [0.5, 0.6) is 0 Å². The molecule has 0 radical (unpaired) electrons. The summed E-state index contributed by atoms with van der Waals surface area (Å²) in [6.07, 6.45) is 4.33. The number of nitrogens with zero attached hydrogens (tertiary/aromatic N) is 6. The molecule has 1 N–H and O–H groups in total. The number of hydrogen-bond acceptors (Lipinski definition) is 7. The molecular weight excluding hydrogens is 438 g/mol. The van der Waals surface area contributed by atoms with E-state index in [1.807, 2.05) is 23.6 Å². The van der Waals surface area contributed by atoms with Crippen LogP contribution in [0, 0.1) is 13.8 Å². The highest BCUT2D eigenvalue weighted by atomic mass is 16.5. The van der Waals surface area contributed by atoms with Gasteiger partial charge in [0.05, 0.1) is 22.3 Å². The molecule has 0 bridgehead atoms. The zero-order valence-electron chi connectivity index (χ0n) is 21.0. The lowest BCUT2D eigenvalue weighted by atomic mass is 9.94. The number of aromatic nitrogens is 5. The van der Waals surface area contributed by atoms with Crippen molar-refractivity contribution in [3.63, 3.8) is 0 Å². The van der Waals surface area contributed by atoms with Crippen molar-refractivity contribution in [2.45, 2.75) is 65.0 Å². The van der Waals surface area contributed by atoms with Crippen molar-refractivity contribution >= 4 is 28.3 Å². The zero-order valence-corrected chi connectivity index (χ0v) is 21.0. The minimum Gasteiger partial charge on any atom is -0.375 e. The highest BCUT2D eigenvalue weighted by Gasteiger charge is 2.29. The second-order valence-corrected chi connectivity index (χ2v) is 10.6. The maximum atomic E-state index is 5.95. The monoisotopic (exact) mass is 471 g/mol. The summed E-state index contributed by atoms with van der Waals surface area (Å²) in [6.45, 7) is 11.2. The quantitative estimate of drug-likeness (QED) is 0.452. The van der Waals surface area contributed by atoms with Crippen LogP contribution in [0.2, 0.25) is 0 Å². The number of aryl methyl sites for hydroxylation is 2. The van der Waals surface area contributed by atoms with E-state index in [0.29, 0.717) is 6.04 Å². The highest BCUT2D eigenvalue weighted by molar-refractivity contribution is 5.79. The Morgan fingerprint density at radius 2 is 1.83 bits per heavy atom. The van der Waals surface area contributed by atoms with Crippen LogP contribution in [0.25, 0.3) is 28.1 Å². The number of benzene rings is 1. The molecule has 2 aliphatic heterocycles. The third-order valence-electron chi connectivity index (χ3n) is 7.13. The molecule has 1 atom stereocenters. The Balaban J connectivity index is 1.45. The van der Waals surface area contributed by atoms with Gasteiger partial charge in [-0.15, -0.1) is 0 Å². The molecule has 0 aliphatic carbocycles. The minimum absolute atomic E-state index is 0.134. The Kier molecular flexibility index (Phi) is 5.36. The van der Waals surface area contributed by atoms with Gasteiger partial charge in [-0.25, -0.2) is 15.0 Å². The van der Waals surface area contributed by atoms with Gasteiger partial charge in [0.15, 0.2) is 5.65 Å². The third kappa shape index (κ3) is 4.31. The lowest BCUT2D eigenvalue weighted by Gasteiger charge is -2.36. The summed E-state index contributed by atoms with van der Waals surface area (Å²) in [5.41, 5.74) is 6.10. The maximum Gasteiger partial charge on any atom is 0.160 e. The Morgan fingerprint density at radius 1 is 1.00 bits per heavy atom. The standard InChI is InChI=1S/C27H33N7O/c1-17-7-8-20-21(13-17)30-26(18(2)28-20)22-14-24-31-23(33-10-5-6-11-33)15-25(34(24)32-22)29-19-9-12-35-27(3,4)16-19/h7-8,13-15,19,29H,5-6,9-12,16H2,1-4H3. The van der Waals surface area contributed by atoms with E-state index in [-0.39, 0.29) is 5.60 Å². The lowest BCUT2D eigenvalue weighted by Crippen LogP contribution is -2.40. The predicted molar refractivity (Wildman–Crippen MR) is 139 cm³/mol. The summed E-state index contributed by atoms with van der Waals surface area (Å²) < 4.78 is 7.88. The topological polar surface area (TPSA) is 80.5 Å². The first-order valence-electron chi connectivity index (χ1n) is 12.7. The number of nitrogens with one attached hydrogen (secondary N) is 1. The third-order valence-corrected chi connectivity index (χ3v) is 7.13. The molecule has 0 amide bonds. The molecule has 6 rings (SSSR count). The van der Waals surface area contributed by atoms with Gasteiger partial charge < -0.3 is 15.0 Å². The average Bonchev–Trinajstić information content (AvgIpc) is 3.48. The minimum atomic E-state index is -0.134. The summed E-state index contributed by atoms with van der Waals surface area (Å²) >= 11 is 0. The highest BCUT2D eigenvalue weighted by Crippen LogP contribution is 2.31. The maximum absolute atomic E-state index is 5.95. The van der Waals surface area contributed by atoms with Gasteiger partial charge in [0.2, 0.25) is 0 Å². The van der Waals surface area contributed by atoms with Crippen molar-refractivity contribution < 1.29 is 4.74 Å². The van der Waals surface area contributed by atoms with Gasteiger partial charge in [-0.05, 0) is 71.1 Å². The fourth-order valence-electron chi connectivity index (χ4n) is 5.35. The molecule has 0 spiro atoms. The van der Waals surface area contributed by atoms with Crippen LogP contribution in [0.4, 0.5) is 11.6 Å². The molecule has 8 heteroatoms. The van der Waals surface area contributed by atoms with Crippen LogP contribution >= 0.6 is 0 Å². The van der Waals surface area contributed by atoms with Crippen molar-refractivity contribution in [1.29, 1.82) is 0 Å². The molecule has 2 fully saturated rings. The molecule has 3 aromatic heterocycles. The lowest BCUT2D eigenvalue weighted by molar-refractivity contribution is -0.0553. The molecule has 1 aromatic carbocycles. The molecule has 8 nitrogen and oxygen atoms in total. The summed E-state index contributed by atoms with van der Waals surface area (Å²) in [7, 11) is 0. The summed E-state index contributed by atoms with van der Waals surface area (Å²) in [5, 5.41) is 8.76. The molecule has 4 aromatic rings. The normalized spacial score (nSPS) is 20.1. The molecule has 182 valence electrons. The van der Waals surface area contributed by atoms with Gasteiger partial charge in [-0.1, -0.05) is 6.07 Å². The van der Waals surface area contributed by atoms with E-state index in [2.05, 4.69) is 49.2 Å². The first-order chi connectivity index (χ1) is 16.8. The molecule has 5 heterocycles. The second kappa shape index (κ2) is 8.45. The number of rotatable bonds is 4. The van der Waals surface area contributed by atoms with E-state index in [4.69, 9.17) is 24.8 Å². The predicted octanol–water partition coefficient (Wildman–Crippen LogP) is 4.93.